The van der Waals surface area contributed by atoms with Crippen LogP contribution in [0.4, 0.5) is 0 Å². The van der Waals surface area contributed by atoms with Crippen molar-refractivity contribution in [2.24, 2.45) is 0 Å². The first-order valence-corrected chi connectivity index (χ1v) is 3.75. The fraction of sp³-hybridized carbons (Fsp3) is 0.500. The molecule has 0 saturated heterocycles. The molecule has 66 valence electrons. The predicted molar refractivity (Wildman–Crippen MR) is 47.8 cm³/mol. The molecule has 0 nitrogen and oxygen atoms in total. The monoisotopic (exact) mass is 236 g/mol. The second-order valence-electron chi connectivity index (χ2n) is 2.87. The third-order valence-electron chi connectivity index (χ3n) is 1.44. The molecular weight excluding hydrogens is 221 g/mol. The second-order valence-corrected chi connectivity index (χ2v) is 2.87. The van der Waals surface area contributed by atoms with Crippen LogP contribution in [0.3, 0.4) is 0 Å². The molecule has 0 amide bonds. The Kier molecular flexibility index (Phi) is 17.0. The van der Waals surface area contributed by atoms with Crippen LogP contribution in [0.5, 0.6) is 0 Å². The van der Waals surface area contributed by atoms with Crippen LogP contribution in [0, 0.1) is 6.92 Å². The van der Waals surface area contributed by atoms with Crippen LogP contribution in [-0.4, -0.2) is 0 Å². The largest absolute Gasteiger partial charge is 2.00 e. The molecular formula is C10H17ClZn. The minimum absolute atomic E-state index is 0. The van der Waals surface area contributed by atoms with Gasteiger partial charge in [0, 0.05) is 0 Å². The smallest absolute Gasteiger partial charge is 1.00 e. The van der Waals surface area contributed by atoms with Crippen LogP contribution in [-0.2, 0) is 19.5 Å². The van der Waals surface area contributed by atoms with E-state index in [1.165, 1.54) is 11.1 Å². The summed E-state index contributed by atoms with van der Waals surface area (Å²) in [6, 6.07) is 0. The van der Waals surface area contributed by atoms with Gasteiger partial charge >= 0.3 is 19.5 Å². The molecule has 0 aliphatic heterocycles. The molecule has 0 radical (unpaired) electrons. The summed E-state index contributed by atoms with van der Waals surface area (Å²) in [7, 11) is 0. The molecule has 0 N–H and O–H groups in total. The van der Waals surface area contributed by atoms with E-state index in [1.807, 2.05) is 6.08 Å². The van der Waals surface area contributed by atoms with Crippen molar-refractivity contribution < 1.29 is 31.9 Å². The molecule has 12 heavy (non-hydrogen) atoms. The van der Waals surface area contributed by atoms with Crippen molar-refractivity contribution >= 4 is 0 Å². The molecule has 0 bridgehead atoms. The zero-order chi connectivity index (χ0) is 7.98. The van der Waals surface area contributed by atoms with Gasteiger partial charge in [-0.3, -0.25) is 0 Å². The summed E-state index contributed by atoms with van der Waals surface area (Å²) in [5, 5.41) is 0. The van der Waals surface area contributed by atoms with Crippen molar-refractivity contribution in [3.8, 4) is 0 Å². The third kappa shape index (κ3) is 12.9. The Labute approximate surface area is 95.7 Å². The van der Waals surface area contributed by atoms with E-state index in [0.29, 0.717) is 0 Å². The van der Waals surface area contributed by atoms with E-state index >= 15 is 0 Å². The average molecular weight is 238 g/mol. The van der Waals surface area contributed by atoms with E-state index in [4.69, 9.17) is 0 Å². The topological polar surface area (TPSA) is 0 Å². The van der Waals surface area contributed by atoms with Gasteiger partial charge in [-0.2, -0.15) is 0 Å². The first-order valence-electron chi connectivity index (χ1n) is 3.75. The zero-order valence-electron chi connectivity index (χ0n) is 8.36. The van der Waals surface area contributed by atoms with Crippen LogP contribution in [0.25, 0.3) is 0 Å². The number of hydrogen-bond acceptors (Lipinski definition) is 0. The van der Waals surface area contributed by atoms with Crippen molar-refractivity contribution in [3.05, 3.63) is 30.2 Å². The average Bonchev–Trinajstić information content (AvgIpc) is 1.87. The molecule has 0 aliphatic carbocycles. The van der Waals surface area contributed by atoms with Crippen molar-refractivity contribution in [2.45, 2.75) is 33.6 Å². The molecule has 0 aromatic carbocycles. The second kappa shape index (κ2) is 11.3. The Bertz CT molecular complexity index is 144. The minimum atomic E-state index is 0. The molecule has 0 saturated carbocycles. The molecule has 0 fully saturated rings. The maximum absolute atomic E-state index is 3.70. The van der Waals surface area contributed by atoms with Crippen LogP contribution < -0.4 is 12.4 Å². The van der Waals surface area contributed by atoms with Gasteiger partial charge in [-0.05, 0) is 20.3 Å². The van der Waals surface area contributed by atoms with Crippen LogP contribution in [0.2, 0.25) is 0 Å². The summed E-state index contributed by atoms with van der Waals surface area (Å²) in [6.45, 7) is 10.1. The Morgan fingerprint density at radius 3 is 2.08 bits per heavy atom. The molecule has 0 heterocycles. The van der Waals surface area contributed by atoms with Crippen LogP contribution >= 0.6 is 0 Å². The standard InChI is InChI=1S/C10H17.ClH.Zn/c1-5-10(4)8-6-7-9(2)3;;/h5,7H,1,6,8H2,2-4H3;1H;/q-1;;+2/p-1/b10-5+;;. The molecule has 0 rings (SSSR count). The SMILES string of the molecule is [CH2-]/C=C(\C)CCC=C(C)C.[Cl-].[Zn+2]. The summed E-state index contributed by atoms with van der Waals surface area (Å²) in [4.78, 5) is 0. The van der Waals surface area contributed by atoms with Gasteiger partial charge in [-0.1, -0.05) is 18.1 Å². The molecule has 0 spiro atoms. The van der Waals surface area contributed by atoms with Gasteiger partial charge in [0.25, 0.3) is 0 Å². The summed E-state index contributed by atoms with van der Waals surface area (Å²) in [5.41, 5.74) is 2.77. The van der Waals surface area contributed by atoms with Crippen molar-refractivity contribution in [1.29, 1.82) is 0 Å². The fourth-order valence-corrected chi connectivity index (χ4v) is 0.691. The number of allylic oxidation sites excluding steroid dienone is 4. The van der Waals surface area contributed by atoms with Crippen LogP contribution in [0.15, 0.2) is 23.3 Å². The van der Waals surface area contributed by atoms with Gasteiger partial charge in [-0.15, -0.1) is 6.92 Å². The van der Waals surface area contributed by atoms with E-state index in [9.17, 15) is 0 Å². The summed E-state index contributed by atoms with van der Waals surface area (Å²) < 4.78 is 0. The molecule has 2 heteroatoms. The quantitative estimate of drug-likeness (QED) is 0.382. The van der Waals surface area contributed by atoms with E-state index in [1.54, 1.807) is 0 Å². The van der Waals surface area contributed by atoms with Gasteiger partial charge in [0.1, 0.15) is 0 Å². The predicted octanol–water partition coefficient (Wildman–Crippen LogP) is 0.515. The van der Waals surface area contributed by atoms with Gasteiger partial charge in [0.15, 0.2) is 0 Å². The number of hydrogen-bond donors (Lipinski definition) is 0. The minimum Gasteiger partial charge on any atom is -1.00 e. The number of halogens is 1. The van der Waals surface area contributed by atoms with Gasteiger partial charge in [-0.25, -0.2) is 18.6 Å². The van der Waals surface area contributed by atoms with Crippen molar-refractivity contribution in [3.63, 3.8) is 0 Å². The van der Waals surface area contributed by atoms with Crippen LogP contribution in [0.1, 0.15) is 33.6 Å². The first-order chi connectivity index (χ1) is 4.66. The molecule has 0 atom stereocenters. The molecule has 0 aromatic rings. The maximum Gasteiger partial charge on any atom is 2.00 e. The molecule has 0 unspecified atom stereocenters. The van der Waals surface area contributed by atoms with Crippen molar-refractivity contribution in [2.75, 3.05) is 0 Å². The van der Waals surface area contributed by atoms with Crippen molar-refractivity contribution in [1.82, 2.24) is 0 Å². The van der Waals surface area contributed by atoms with Gasteiger partial charge in [0.05, 0.1) is 0 Å². The maximum atomic E-state index is 3.70. The summed E-state index contributed by atoms with van der Waals surface area (Å²) in [6.07, 6.45) is 6.49. The Balaban J connectivity index is -0.000000405. The zero-order valence-corrected chi connectivity index (χ0v) is 12.1. The molecule has 0 aromatic heterocycles. The normalized spacial score (nSPS) is 9.42. The fourth-order valence-electron chi connectivity index (χ4n) is 0.691. The van der Waals surface area contributed by atoms with E-state index in [0.717, 1.165) is 12.8 Å². The number of rotatable bonds is 3. The first kappa shape index (κ1) is 18.1. The van der Waals surface area contributed by atoms with Gasteiger partial charge < -0.3 is 12.4 Å². The van der Waals surface area contributed by atoms with E-state index in [-0.39, 0.29) is 31.9 Å². The van der Waals surface area contributed by atoms with E-state index in [2.05, 4.69) is 33.8 Å². The van der Waals surface area contributed by atoms with Gasteiger partial charge in [0.2, 0.25) is 0 Å². The summed E-state index contributed by atoms with van der Waals surface area (Å²) in [5.74, 6) is 0. The Morgan fingerprint density at radius 2 is 1.75 bits per heavy atom. The van der Waals surface area contributed by atoms with E-state index < -0.39 is 0 Å². The molecule has 0 aliphatic rings. The summed E-state index contributed by atoms with van der Waals surface area (Å²) >= 11 is 0. The Morgan fingerprint density at radius 1 is 1.25 bits per heavy atom. The Hall–Kier alpha value is 0.263. The third-order valence-corrected chi connectivity index (χ3v) is 1.44.